The van der Waals surface area contributed by atoms with Gasteiger partial charge in [-0.25, -0.2) is 4.98 Å². The Morgan fingerprint density at radius 1 is 1.44 bits per heavy atom. The summed E-state index contributed by atoms with van der Waals surface area (Å²) in [4.78, 5) is 11.1. The molecule has 1 saturated heterocycles. The maximum Gasteiger partial charge on any atom is 0.223 e. The maximum absolute atomic E-state index is 5.05. The Balaban J connectivity index is 1.55. The minimum Gasteiger partial charge on any atom is -0.340 e. The molecule has 5 nitrogen and oxygen atoms in total. The third-order valence-corrected chi connectivity index (χ3v) is 4.10. The topological polar surface area (TPSA) is 55.1 Å². The molecule has 0 atom stereocenters. The van der Waals surface area contributed by atoms with Gasteiger partial charge >= 0.3 is 0 Å². The Kier molecular flexibility index (Phi) is 3.38. The van der Waals surface area contributed by atoms with E-state index in [1.165, 1.54) is 5.01 Å². The lowest BCUT2D eigenvalue weighted by molar-refractivity contribution is 0.200. The van der Waals surface area contributed by atoms with Crippen molar-refractivity contribution in [2.24, 2.45) is 0 Å². The summed E-state index contributed by atoms with van der Waals surface area (Å²) in [6.45, 7) is 4.97. The quantitative estimate of drug-likeness (QED) is 0.850. The number of rotatable bonds is 3. The fourth-order valence-corrected chi connectivity index (χ4v) is 3.01. The zero-order chi connectivity index (χ0) is 12.4. The number of nitrogens with zero attached hydrogens (tertiary/aromatic N) is 4. The summed E-state index contributed by atoms with van der Waals surface area (Å²) in [7, 11) is 0. The fourth-order valence-electron chi connectivity index (χ4n) is 2.35. The summed E-state index contributed by atoms with van der Waals surface area (Å²) in [5, 5.41) is 7.26. The van der Waals surface area contributed by atoms with Crippen LogP contribution in [-0.4, -0.2) is 33.1 Å². The molecule has 0 radical (unpaired) electrons. The summed E-state index contributed by atoms with van der Waals surface area (Å²) < 4.78 is 5.05. The molecular weight excluding hydrogens is 248 g/mol. The molecule has 3 heterocycles. The molecule has 3 rings (SSSR count). The first-order chi connectivity index (χ1) is 8.81. The first-order valence-electron chi connectivity index (χ1n) is 6.22. The lowest BCUT2D eigenvalue weighted by Gasteiger charge is -2.29. The Morgan fingerprint density at radius 2 is 2.28 bits per heavy atom. The molecule has 0 bridgehead atoms. The van der Waals surface area contributed by atoms with Crippen LogP contribution in [0.25, 0.3) is 0 Å². The molecule has 0 aromatic carbocycles. The van der Waals surface area contributed by atoms with Crippen LogP contribution >= 0.6 is 11.3 Å². The first kappa shape index (κ1) is 11.8. The molecule has 0 N–H and O–H groups in total. The zero-order valence-corrected chi connectivity index (χ0v) is 11.2. The van der Waals surface area contributed by atoms with Crippen LogP contribution in [-0.2, 0) is 6.54 Å². The van der Waals surface area contributed by atoms with Gasteiger partial charge in [0.1, 0.15) is 5.01 Å². The molecule has 0 saturated carbocycles. The van der Waals surface area contributed by atoms with Gasteiger partial charge in [0.05, 0.1) is 6.54 Å². The molecule has 2 aromatic rings. The number of likely N-dealkylation sites (tertiary alicyclic amines) is 1. The summed E-state index contributed by atoms with van der Waals surface area (Å²) in [6.07, 6.45) is 4.07. The number of aryl methyl sites for hydroxylation is 1. The second-order valence-corrected chi connectivity index (χ2v) is 5.63. The molecule has 2 aromatic heterocycles. The van der Waals surface area contributed by atoms with Crippen molar-refractivity contribution in [3.63, 3.8) is 0 Å². The molecule has 0 aliphatic carbocycles. The van der Waals surface area contributed by atoms with Gasteiger partial charge in [-0.1, -0.05) is 5.16 Å². The van der Waals surface area contributed by atoms with E-state index in [1.54, 1.807) is 11.3 Å². The molecule has 18 heavy (non-hydrogen) atoms. The van der Waals surface area contributed by atoms with Gasteiger partial charge in [0, 0.05) is 24.4 Å². The predicted molar refractivity (Wildman–Crippen MR) is 68.4 cm³/mol. The van der Waals surface area contributed by atoms with Gasteiger partial charge in [-0.05, 0) is 25.9 Å². The highest BCUT2D eigenvalue weighted by atomic mass is 32.1. The van der Waals surface area contributed by atoms with E-state index in [1.807, 2.05) is 18.5 Å². The monoisotopic (exact) mass is 264 g/mol. The van der Waals surface area contributed by atoms with Gasteiger partial charge in [-0.15, -0.1) is 11.3 Å². The van der Waals surface area contributed by atoms with Crippen molar-refractivity contribution in [3.8, 4) is 0 Å². The second-order valence-electron chi connectivity index (χ2n) is 4.65. The SMILES string of the molecule is Cc1nc(C2CCN(Cc3nccs3)CC2)no1. The lowest BCUT2D eigenvalue weighted by atomic mass is 9.96. The van der Waals surface area contributed by atoms with Crippen LogP contribution in [0, 0.1) is 6.92 Å². The first-order valence-corrected chi connectivity index (χ1v) is 7.10. The van der Waals surface area contributed by atoms with E-state index in [0.29, 0.717) is 11.8 Å². The van der Waals surface area contributed by atoms with Crippen LogP contribution in [0.5, 0.6) is 0 Å². The summed E-state index contributed by atoms with van der Waals surface area (Å²) in [5.41, 5.74) is 0. The number of piperidine rings is 1. The van der Waals surface area contributed by atoms with E-state index in [4.69, 9.17) is 4.52 Å². The molecule has 0 amide bonds. The van der Waals surface area contributed by atoms with E-state index in [2.05, 4.69) is 20.0 Å². The van der Waals surface area contributed by atoms with Gasteiger partial charge in [0.25, 0.3) is 0 Å². The van der Waals surface area contributed by atoms with Crippen molar-refractivity contribution in [2.45, 2.75) is 32.2 Å². The minimum absolute atomic E-state index is 0.454. The minimum atomic E-state index is 0.454. The molecule has 0 unspecified atom stereocenters. The lowest BCUT2D eigenvalue weighted by Crippen LogP contribution is -2.32. The Morgan fingerprint density at radius 3 is 2.89 bits per heavy atom. The van der Waals surface area contributed by atoms with E-state index in [9.17, 15) is 0 Å². The summed E-state index contributed by atoms with van der Waals surface area (Å²) >= 11 is 1.72. The van der Waals surface area contributed by atoms with Crippen molar-refractivity contribution in [1.82, 2.24) is 20.0 Å². The third kappa shape index (κ3) is 2.59. The predicted octanol–water partition coefficient (Wildman–Crippen LogP) is 2.21. The third-order valence-electron chi connectivity index (χ3n) is 3.34. The van der Waals surface area contributed by atoms with Gasteiger partial charge < -0.3 is 4.52 Å². The van der Waals surface area contributed by atoms with E-state index in [-0.39, 0.29) is 0 Å². The van der Waals surface area contributed by atoms with E-state index >= 15 is 0 Å². The Bertz CT molecular complexity index is 488. The molecule has 1 aliphatic rings. The summed E-state index contributed by atoms with van der Waals surface area (Å²) in [6, 6.07) is 0. The Hall–Kier alpha value is -1.27. The van der Waals surface area contributed by atoms with Crippen LogP contribution in [0.2, 0.25) is 0 Å². The van der Waals surface area contributed by atoms with Crippen molar-refractivity contribution in [1.29, 1.82) is 0 Å². The molecule has 1 fully saturated rings. The highest BCUT2D eigenvalue weighted by Crippen LogP contribution is 2.26. The highest BCUT2D eigenvalue weighted by Gasteiger charge is 2.24. The number of hydrogen-bond acceptors (Lipinski definition) is 6. The van der Waals surface area contributed by atoms with Gasteiger partial charge in [-0.2, -0.15) is 4.98 Å². The number of thiazole rings is 1. The van der Waals surface area contributed by atoms with Crippen LogP contribution in [0.4, 0.5) is 0 Å². The average Bonchev–Trinajstić information content (AvgIpc) is 3.02. The average molecular weight is 264 g/mol. The highest BCUT2D eigenvalue weighted by molar-refractivity contribution is 7.09. The van der Waals surface area contributed by atoms with Gasteiger partial charge in [0.2, 0.25) is 5.89 Å². The fraction of sp³-hybridized carbons (Fsp3) is 0.583. The molecular formula is C12H16N4OS. The van der Waals surface area contributed by atoms with Crippen LogP contribution < -0.4 is 0 Å². The van der Waals surface area contributed by atoms with Crippen molar-refractivity contribution >= 4 is 11.3 Å². The standard InChI is InChI=1S/C12H16N4OS/c1-9-14-12(15-17-9)10-2-5-16(6-3-10)8-11-13-4-7-18-11/h4,7,10H,2-3,5-6,8H2,1H3. The largest absolute Gasteiger partial charge is 0.340 e. The van der Waals surface area contributed by atoms with Gasteiger partial charge in [-0.3, -0.25) is 4.90 Å². The summed E-state index contributed by atoms with van der Waals surface area (Å²) in [5.74, 6) is 1.99. The van der Waals surface area contributed by atoms with E-state index < -0.39 is 0 Å². The Labute approximate surface area is 110 Å². The van der Waals surface area contributed by atoms with Crippen molar-refractivity contribution in [3.05, 3.63) is 28.3 Å². The normalized spacial score (nSPS) is 18.3. The van der Waals surface area contributed by atoms with E-state index in [0.717, 1.165) is 38.3 Å². The smallest absolute Gasteiger partial charge is 0.223 e. The van der Waals surface area contributed by atoms with Crippen LogP contribution in [0.1, 0.15) is 35.5 Å². The molecule has 0 spiro atoms. The molecule has 1 aliphatic heterocycles. The number of aromatic nitrogens is 3. The zero-order valence-electron chi connectivity index (χ0n) is 10.4. The van der Waals surface area contributed by atoms with Crippen molar-refractivity contribution < 1.29 is 4.52 Å². The molecule has 96 valence electrons. The van der Waals surface area contributed by atoms with Gasteiger partial charge in [0.15, 0.2) is 5.82 Å². The maximum atomic E-state index is 5.05. The van der Waals surface area contributed by atoms with Crippen LogP contribution in [0.15, 0.2) is 16.1 Å². The molecule has 6 heteroatoms. The van der Waals surface area contributed by atoms with Crippen molar-refractivity contribution in [2.75, 3.05) is 13.1 Å². The number of hydrogen-bond donors (Lipinski definition) is 0. The second kappa shape index (κ2) is 5.16. The van der Waals surface area contributed by atoms with Crippen LogP contribution in [0.3, 0.4) is 0 Å².